The van der Waals surface area contributed by atoms with E-state index in [1.807, 2.05) is 4.90 Å². The summed E-state index contributed by atoms with van der Waals surface area (Å²) in [5, 5.41) is 4.56. The number of benzene rings is 2. The highest BCUT2D eigenvalue weighted by Crippen LogP contribution is 2.36. The van der Waals surface area contributed by atoms with E-state index in [1.54, 1.807) is 42.4 Å². The Kier molecular flexibility index (Phi) is 6.29. The van der Waals surface area contributed by atoms with Gasteiger partial charge in [0.15, 0.2) is 11.6 Å². The van der Waals surface area contributed by atoms with Crippen LogP contribution in [0.5, 0.6) is 0 Å². The molecule has 0 aliphatic carbocycles. The molecule has 1 fully saturated rings. The van der Waals surface area contributed by atoms with Crippen LogP contribution in [0.1, 0.15) is 5.69 Å². The Morgan fingerprint density at radius 3 is 2.27 bits per heavy atom. The number of carbonyl (C=O) groups excluding carboxylic acids is 1. The Morgan fingerprint density at radius 1 is 0.892 bits per heavy atom. The van der Waals surface area contributed by atoms with Crippen LogP contribution in [0.4, 0.5) is 14.6 Å². The van der Waals surface area contributed by atoms with Crippen molar-refractivity contribution in [1.82, 2.24) is 29.6 Å². The molecule has 188 valence electrons. The van der Waals surface area contributed by atoms with Crippen LogP contribution in [0.3, 0.4) is 0 Å². The third kappa shape index (κ3) is 4.78. The van der Waals surface area contributed by atoms with E-state index in [1.165, 1.54) is 28.9 Å². The number of aromatic nitrogens is 5. The third-order valence-electron chi connectivity index (χ3n) is 6.54. The largest absolute Gasteiger partial charge is 0.352 e. The van der Waals surface area contributed by atoms with Gasteiger partial charge in [-0.25, -0.2) is 28.4 Å². The van der Waals surface area contributed by atoms with E-state index in [0.717, 1.165) is 28.6 Å². The molecule has 2 aliphatic heterocycles. The Balaban J connectivity index is 1.20. The van der Waals surface area contributed by atoms with Crippen molar-refractivity contribution in [1.29, 1.82) is 0 Å². The van der Waals surface area contributed by atoms with Crippen LogP contribution in [-0.4, -0.2) is 67.5 Å². The zero-order chi connectivity index (χ0) is 25.4. The quantitative estimate of drug-likeness (QED) is 0.398. The lowest BCUT2D eigenvalue weighted by atomic mass is 10.2. The molecule has 11 heteroatoms. The van der Waals surface area contributed by atoms with E-state index in [2.05, 4.69) is 25.0 Å². The van der Waals surface area contributed by atoms with E-state index < -0.39 is 0 Å². The summed E-state index contributed by atoms with van der Waals surface area (Å²) in [6, 6.07) is 11.7. The summed E-state index contributed by atoms with van der Waals surface area (Å²) in [4.78, 5) is 32.0. The first-order chi connectivity index (χ1) is 18.0. The first kappa shape index (κ1) is 23.5. The summed E-state index contributed by atoms with van der Waals surface area (Å²) in [6.07, 6.45) is 2.58. The maximum Gasteiger partial charge on any atom is 0.244 e. The van der Waals surface area contributed by atoms with Crippen LogP contribution in [0, 0.1) is 11.6 Å². The molecule has 8 nitrogen and oxygen atoms in total. The number of hydrogen-bond acceptors (Lipinski definition) is 7. The highest BCUT2D eigenvalue weighted by atomic mass is 32.2. The van der Waals surface area contributed by atoms with Crippen LogP contribution in [0.2, 0.25) is 0 Å². The topological polar surface area (TPSA) is 80.0 Å². The van der Waals surface area contributed by atoms with Gasteiger partial charge in [0.2, 0.25) is 5.91 Å². The number of halogens is 2. The maximum atomic E-state index is 13.5. The van der Waals surface area contributed by atoms with Crippen molar-refractivity contribution >= 4 is 23.5 Å². The van der Waals surface area contributed by atoms with E-state index in [4.69, 9.17) is 0 Å². The number of thioether (sulfide) groups is 1. The molecule has 6 rings (SSSR count). The number of rotatable bonds is 5. The number of aryl methyl sites for hydroxylation is 1. The number of carbonyl (C=O) groups is 1. The molecule has 2 aliphatic rings. The molecule has 2 aromatic carbocycles. The summed E-state index contributed by atoms with van der Waals surface area (Å²) in [5.41, 5.74) is 2.36. The van der Waals surface area contributed by atoms with Crippen molar-refractivity contribution < 1.29 is 13.6 Å². The Morgan fingerprint density at radius 2 is 1.57 bits per heavy atom. The number of amides is 1. The minimum atomic E-state index is -0.366. The van der Waals surface area contributed by atoms with Crippen molar-refractivity contribution in [3.63, 3.8) is 0 Å². The summed E-state index contributed by atoms with van der Waals surface area (Å²) >= 11 is 1.79. The molecule has 37 heavy (non-hydrogen) atoms. The highest BCUT2D eigenvalue weighted by Gasteiger charge is 2.27. The molecular formula is C26H23F2N7OS. The van der Waals surface area contributed by atoms with Gasteiger partial charge in [-0.1, -0.05) is 0 Å². The van der Waals surface area contributed by atoms with Crippen molar-refractivity contribution in [3.8, 4) is 22.8 Å². The van der Waals surface area contributed by atoms with Crippen LogP contribution < -0.4 is 4.90 Å². The first-order valence-corrected chi connectivity index (χ1v) is 13.0. The van der Waals surface area contributed by atoms with Gasteiger partial charge in [0.25, 0.3) is 0 Å². The number of nitrogens with zero attached hydrogens (tertiary/aromatic N) is 7. The molecular weight excluding hydrogens is 496 g/mol. The van der Waals surface area contributed by atoms with E-state index in [0.29, 0.717) is 49.0 Å². The average molecular weight is 520 g/mol. The average Bonchev–Trinajstić information content (AvgIpc) is 3.57. The van der Waals surface area contributed by atoms with Gasteiger partial charge in [-0.15, -0.1) is 16.9 Å². The van der Waals surface area contributed by atoms with Gasteiger partial charge in [-0.3, -0.25) is 4.79 Å². The summed E-state index contributed by atoms with van der Waals surface area (Å²) in [5.74, 6) is 1.98. The van der Waals surface area contributed by atoms with Gasteiger partial charge < -0.3 is 9.80 Å². The third-order valence-corrected chi connectivity index (χ3v) is 7.65. The van der Waals surface area contributed by atoms with E-state index in [9.17, 15) is 13.6 Å². The monoisotopic (exact) mass is 519 g/mol. The second-order valence-corrected chi connectivity index (χ2v) is 9.98. The Labute approximate surface area is 216 Å². The van der Waals surface area contributed by atoms with Gasteiger partial charge in [0.1, 0.15) is 30.3 Å². The molecule has 4 aromatic rings. The smallest absolute Gasteiger partial charge is 0.244 e. The highest BCUT2D eigenvalue weighted by molar-refractivity contribution is 7.99. The fraction of sp³-hybridized carbons (Fsp3) is 0.269. The molecule has 0 unspecified atom stereocenters. The Hall–Kier alpha value is -3.86. The zero-order valence-electron chi connectivity index (χ0n) is 19.8. The van der Waals surface area contributed by atoms with Crippen LogP contribution in [0.25, 0.3) is 22.8 Å². The van der Waals surface area contributed by atoms with Crippen molar-refractivity contribution in [2.24, 2.45) is 0 Å². The minimum absolute atomic E-state index is 0.0142. The van der Waals surface area contributed by atoms with Crippen molar-refractivity contribution in [2.75, 3.05) is 36.8 Å². The summed E-state index contributed by atoms with van der Waals surface area (Å²) in [7, 11) is 0. The standard InChI is InChI=1S/C26H23F2N7OS/c27-19-5-1-17(2-6-19)24-31-25(18-3-7-20(28)8-4-18)35(32-24)15-22(36)33-10-12-34(13-11-33)26-23-21(9-14-37-23)29-16-30-26/h1-8,16H,9-15H2. The summed E-state index contributed by atoms with van der Waals surface area (Å²) < 4.78 is 28.5. The molecule has 0 bridgehead atoms. The van der Waals surface area contributed by atoms with Crippen LogP contribution >= 0.6 is 11.8 Å². The molecule has 1 saturated heterocycles. The van der Waals surface area contributed by atoms with Crippen molar-refractivity contribution in [3.05, 3.63) is 72.2 Å². The van der Waals surface area contributed by atoms with E-state index >= 15 is 0 Å². The molecule has 4 heterocycles. The molecule has 0 spiro atoms. The molecule has 0 N–H and O–H groups in total. The molecule has 0 atom stereocenters. The fourth-order valence-electron chi connectivity index (χ4n) is 4.58. The molecule has 0 saturated carbocycles. The maximum absolute atomic E-state index is 13.5. The van der Waals surface area contributed by atoms with Gasteiger partial charge in [0, 0.05) is 49.5 Å². The van der Waals surface area contributed by atoms with E-state index in [-0.39, 0.29) is 24.1 Å². The first-order valence-electron chi connectivity index (χ1n) is 12.0. The van der Waals surface area contributed by atoms with Gasteiger partial charge in [-0.2, -0.15) is 0 Å². The molecule has 1 amide bonds. The van der Waals surface area contributed by atoms with Crippen LogP contribution in [-0.2, 0) is 17.8 Å². The minimum Gasteiger partial charge on any atom is -0.352 e. The Bertz CT molecular complexity index is 1430. The molecule has 2 aromatic heterocycles. The lowest BCUT2D eigenvalue weighted by molar-refractivity contribution is -0.132. The lowest BCUT2D eigenvalue weighted by Crippen LogP contribution is -2.50. The summed E-state index contributed by atoms with van der Waals surface area (Å²) in [6.45, 7) is 2.47. The second-order valence-electron chi connectivity index (χ2n) is 8.87. The van der Waals surface area contributed by atoms with Gasteiger partial charge in [-0.05, 0) is 48.5 Å². The second kappa shape index (κ2) is 9.89. The van der Waals surface area contributed by atoms with Crippen LogP contribution in [0.15, 0.2) is 59.8 Å². The van der Waals surface area contributed by atoms with Crippen molar-refractivity contribution in [2.45, 2.75) is 17.9 Å². The predicted octanol–water partition coefficient (Wildman–Crippen LogP) is 3.68. The lowest BCUT2D eigenvalue weighted by Gasteiger charge is -2.36. The number of fused-ring (bicyclic) bond motifs is 1. The predicted molar refractivity (Wildman–Crippen MR) is 136 cm³/mol. The van der Waals surface area contributed by atoms with Gasteiger partial charge in [0.05, 0.1) is 10.6 Å². The number of anilines is 1. The molecule has 0 radical (unpaired) electrons. The normalized spacial score (nSPS) is 15.2. The zero-order valence-corrected chi connectivity index (χ0v) is 20.7. The fourth-order valence-corrected chi connectivity index (χ4v) is 5.71. The number of piperazine rings is 1. The van der Waals surface area contributed by atoms with Gasteiger partial charge >= 0.3 is 0 Å². The number of hydrogen-bond donors (Lipinski definition) is 0. The SMILES string of the molecule is O=C(Cn1nc(-c2ccc(F)cc2)nc1-c1ccc(F)cc1)N1CCN(c2ncnc3c2SCC3)CC1.